The number of fused-ring (bicyclic) bond motifs is 1. The number of rotatable bonds is 3. The molecule has 0 saturated heterocycles. The summed E-state index contributed by atoms with van der Waals surface area (Å²) >= 11 is 0. The molecule has 156 valence electrons. The number of hydrogen-bond donors (Lipinski definition) is 4. The highest BCUT2D eigenvalue weighted by molar-refractivity contribution is 6.06. The lowest BCUT2D eigenvalue weighted by Crippen LogP contribution is -2.41. The molecule has 0 bridgehead atoms. The number of aromatic hydroxyl groups is 1. The summed E-state index contributed by atoms with van der Waals surface area (Å²) in [7, 11) is 0. The lowest BCUT2D eigenvalue weighted by molar-refractivity contribution is -0.128. The SMILES string of the molecule is Cc1nc2cccc(O)c2c(N)c1C(=O)O.O=C(NC1CCCCC1)C1CCC1. The van der Waals surface area contributed by atoms with Crippen LogP contribution in [0.2, 0.25) is 0 Å². The summed E-state index contributed by atoms with van der Waals surface area (Å²) in [6.07, 6.45) is 9.87. The number of nitrogens with zero attached hydrogens (tertiary/aromatic N) is 1. The smallest absolute Gasteiger partial charge is 0.339 e. The second kappa shape index (κ2) is 9.11. The lowest BCUT2D eigenvalue weighted by atomic mass is 9.84. The maximum absolute atomic E-state index is 11.6. The molecule has 2 aliphatic rings. The molecular weight excluding hydrogens is 370 g/mol. The van der Waals surface area contributed by atoms with Gasteiger partial charge >= 0.3 is 5.97 Å². The predicted molar refractivity (Wildman–Crippen MR) is 112 cm³/mol. The average Bonchev–Trinajstić information content (AvgIpc) is 2.61. The van der Waals surface area contributed by atoms with Crippen LogP contribution in [-0.4, -0.2) is 33.1 Å². The van der Waals surface area contributed by atoms with Crippen LogP contribution in [0.3, 0.4) is 0 Å². The molecule has 2 aliphatic carbocycles. The molecule has 1 aromatic carbocycles. The number of pyridine rings is 1. The van der Waals surface area contributed by atoms with Crippen LogP contribution >= 0.6 is 0 Å². The standard InChI is InChI=1S/C11H10N2O3.C11H19NO/c1-5-8(11(15)16)10(12)9-6(13-5)3-2-4-7(9)14;13-11(9-5-4-6-9)12-10-7-2-1-3-8-10/h2-4,14H,1H3,(H2,12,13)(H,15,16);9-10H,1-8H2,(H,12,13). The van der Waals surface area contributed by atoms with Crippen molar-refractivity contribution in [2.75, 3.05) is 5.73 Å². The van der Waals surface area contributed by atoms with Crippen molar-refractivity contribution in [2.24, 2.45) is 5.92 Å². The highest BCUT2D eigenvalue weighted by Crippen LogP contribution is 2.32. The van der Waals surface area contributed by atoms with Crippen molar-refractivity contribution in [3.8, 4) is 5.75 Å². The maximum atomic E-state index is 11.6. The third-order valence-electron chi connectivity index (χ3n) is 5.85. The highest BCUT2D eigenvalue weighted by Gasteiger charge is 2.27. The van der Waals surface area contributed by atoms with Gasteiger partial charge in [-0.1, -0.05) is 31.7 Å². The number of hydrogen-bond acceptors (Lipinski definition) is 5. The van der Waals surface area contributed by atoms with Gasteiger partial charge in [-0.05, 0) is 44.7 Å². The number of amides is 1. The number of aromatic carboxylic acids is 1. The summed E-state index contributed by atoms with van der Waals surface area (Å²) in [5, 5.41) is 22.1. The zero-order chi connectivity index (χ0) is 21.0. The van der Waals surface area contributed by atoms with Gasteiger partial charge in [0.2, 0.25) is 5.91 Å². The minimum absolute atomic E-state index is 0.0492. The van der Waals surface area contributed by atoms with Gasteiger partial charge in [-0.3, -0.25) is 9.78 Å². The first-order valence-corrected chi connectivity index (χ1v) is 10.3. The van der Waals surface area contributed by atoms with Crippen molar-refractivity contribution in [3.63, 3.8) is 0 Å². The number of nitrogens with one attached hydrogen (secondary N) is 1. The fourth-order valence-corrected chi connectivity index (χ4v) is 3.96. The number of carboxylic acid groups (broad SMARTS) is 1. The molecule has 29 heavy (non-hydrogen) atoms. The molecule has 2 saturated carbocycles. The molecule has 7 nitrogen and oxygen atoms in total. The van der Waals surface area contributed by atoms with Crippen LogP contribution in [0.4, 0.5) is 5.69 Å². The molecule has 0 aliphatic heterocycles. The van der Waals surface area contributed by atoms with Gasteiger partial charge in [-0.15, -0.1) is 0 Å². The molecule has 7 heteroatoms. The van der Waals surface area contributed by atoms with Crippen LogP contribution in [0.15, 0.2) is 18.2 Å². The molecule has 2 fully saturated rings. The van der Waals surface area contributed by atoms with Gasteiger partial charge in [0, 0.05) is 12.0 Å². The Morgan fingerprint density at radius 3 is 2.38 bits per heavy atom. The molecule has 0 spiro atoms. The first-order valence-electron chi connectivity index (χ1n) is 10.3. The highest BCUT2D eigenvalue weighted by atomic mass is 16.4. The van der Waals surface area contributed by atoms with Crippen LogP contribution in [0.1, 0.15) is 67.4 Å². The summed E-state index contributed by atoms with van der Waals surface area (Å²) < 4.78 is 0. The predicted octanol–water partition coefficient (Wildman–Crippen LogP) is 3.76. The maximum Gasteiger partial charge on any atom is 0.339 e. The first-order chi connectivity index (χ1) is 13.9. The van der Waals surface area contributed by atoms with Gasteiger partial charge in [0.05, 0.1) is 22.3 Å². The Kier molecular flexibility index (Phi) is 6.56. The number of phenols is 1. The molecule has 2 aromatic rings. The largest absolute Gasteiger partial charge is 0.507 e. The number of carbonyl (C=O) groups is 2. The minimum atomic E-state index is -1.15. The van der Waals surface area contributed by atoms with Crippen molar-refractivity contribution in [3.05, 3.63) is 29.5 Å². The Labute approximate surface area is 170 Å². The van der Waals surface area contributed by atoms with Crippen molar-refractivity contribution in [1.82, 2.24) is 10.3 Å². The first kappa shape index (κ1) is 20.9. The van der Waals surface area contributed by atoms with Crippen molar-refractivity contribution >= 4 is 28.5 Å². The molecule has 4 rings (SSSR count). The fourth-order valence-electron chi connectivity index (χ4n) is 3.96. The summed E-state index contributed by atoms with van der Waals surface area (Å²) in [5.74, 6) is -0.516. The van der Waals surface area contributed by atoms with Crippen LogP contribution in [0, 0.1) is 12.8 Å². The number of aryl methyl sites for hydroxylation is 1. The Bertz CT molecular complexity index is 903. The van der Waals surface area contributed by atoms with Gasteiger partial charge in [0.25, 0.3) is 0 Å². The summed E-state index contributed by atoms with van der Waals surface area (Å²) in [6.45, 7) is 1.57. The number of nitrogens with two attached hydrogens (primary N) is 1. The number of anilines is 1. The van der Waals surface area contributed by atoms with Gasteiger partial charge in [-0.2, -0.15) is 0 Å². The van der Waals surface area contributed by atoms with Crippen LogP contribution in [0.5, 0.6) is 5.75 Å². The van der Waals surface area contributed by atoms with Crippen molar-refractivity contribution in [2.45, 2.75) is 64.3 Å². The topological polar surface area (TPSA) is 126 Å². The van der Waals surface area contributed by atoms with E-state index >= 15 is 0 Å². The molecular formula is C22H29N3O4. The van der Waals surface area contributed by atoms with E-state index in [1.54, 1.807) is 19.1 Å². The van der Waals surface area contributed by atoms with Crippen LogP contribution < -0.4 is 11.1 Å². The summed E-state index contributed by atoms with van der Waals surface area (Å²) in [6, 6.07) is 5.25. The third-order valence-corrected chi connectivity index (χ3v) is 5.85. The quantitative estimate of drug-likeness (QED) is 0.622. The number of carbonyl (C=O) groups excluding carboxylic acids is 1. The van der Waals surface area contributed by atoms with E-state index in [0.717, 1.165) is 12.8 Å². The average molecular weight is 399 g/mol. The van der Waals surface area contributed by atoms with Gasteiger partial charge in [-0.25, -0.2) is 4.79 Å². The number of benzene rings is 1. The molecule has 1 amide bonds. The van der Waals surface area contributed by atoms with E-state index in [-0.39, 0.29) is 22.4 Å². The molecule has 0 atom stereocenters. The van der Waals surface area contributed by atoms with E-state index in [1.165, 1.54) is 44.6 Å². The van der Waals surface area contributed by atoms with Crippen LogP contribution in [-0.2, 0) is 4.79 Å². The second-order valence-electron chi connectivity index (χ2n) is 7.93. The zero-order valence-corrected chi connectivity index (χ0v) is 16.8. The molecule has 5 N–H and O–H groups in total. The lowest BCUT2D eigenvalue weighted by Gasteiger charge is -2.29. The second-order valence-corrected chi connectivity index (χ2v) is 7.93. The van der Waals surface area contributed by atoms with Crippen molar-refractivity contribution in [1.29, 1.82) is 0 Å². The van der Waals surface area contributed by atoms with E-state index < -0.39 is 5.97 Å². The van der Waals surface area contributed by atoms with Crippen molar-refractivity contribution < 1.29 is 19.8 Å². The Hall–Kier alpha value is -2.83. The molecule has 1 heterocycles. The zero-order valence-electron chi connectivity index (χ0n) is 16.8. The number of phenolic OH excluding ortho intramolecular Hbond substituents is 1. The normalized spacial score (nSPS) is 17.1. The van der Waals surface area contributed by atoms with E-state index in [0.29, 0.717) is 29.1 Å². The minimum Gasteiger partial charge on any atom is -0.507 e. The summed E-state index contributed by atoms with van der Waals surface area (Å²) in [4.78, 5) is 26.7. The molecule has 1 aromatic heterocycles. The monoisotopic (exact) mass is 399 g/mol. The van der Waals surface area contributed by atoms with Gasteiger partial charge < -0.3 is 21.3 Å². The number of carboxylic acids is 1. The van der Waals surface area contributed by atoms with E-state index in [1.807, 2.05) is 0 Å². The number of aromatic nitrogens is 1. The molecule has 0 radical (unpaired) electrons. The van der Waals surface area contributed by atoms with E-state index in [4.69, 9.17) is 10.8 Å². The van der Waals surface area contributed by atoms with Gasteiger partial charge in [0.15, 0.2) is 0 Å². The Morgan fingerprint density at radius 2 is 1.79 bits per heavy atom. The van der Waals surface area contributed by atoms with Gasteiger partial charge in [0.1, 0.15) is 11.3 Å². The van der Waals surface area contributed by atoms with Crippen LogP contribution in [0.25, 0.3) is 10.9 Å². The summed E-state index contributed by atoms with van der Waals surface area (Å²) in [5.41, 5.74) is 6.55. The Morgan fingerprint density at radius 1 is 1.10 bits per heavy atom. The Balaban J connectivity index is 0.000000169. The van der Waals surface area contributed by atoms with E-state index in [9.17, 15) is 14.7 Å². The molecule has 0 unspecified atom stereocenters. The third kappa shape index (κ3) is 4.78. The fraction of sp³-hybridized carbons (Fsp3) is 0.500. The van der Waals surface area contributed by atoms with E-state index in [2.05, 4.69) is 10.3 Å². The number of nitrogen functional groups attached to an aromatic ring is 1.